The predicted molar refractivity (Wildman–Crippen MR) is 103 cm³/mol. The minimum Gasteiger partial charge on any atom is -0.279 e. The van der Waals surface area contributed by atoms with Gasteiger partial charge in [0.2, 0.25) is 0 Å². The first-order valence-electron chi connectivity index (χ1n) is 8.48. The molecule has 0 saturated heterocycles. The standard InChI is InChI=1S/C21H19F2NO2S/c1-3-15-5-4-6-21(14(15)2)24-27(25,26)18-10-7-16(8-11-18)19-12-9-17(22)13-20(19)23/h4-13,24H,3H2,1-2H3. The smallest absolute Gasteiger partial charge is 0.261 e. The molecule has 0 aliphatic heterocycles. The van der Waals surface area contributed by atoms with E-state index in [9.17, 15) is 17.2 Å². The number of anilines is 1. The molecule has 0 aliphatic carbocycles. The van der Waals surface area contributed by atoms with Gasteiger partial charge in [0.15, 0.2) is 0 Å². The van der Waals surface area contributed by atoms with Crippen LogP contribution in [0.3, 0.4) is 0 Å². The van der Waals surface area contributed by atoms with Gasteiger partial charge < -0.3 is 0 Å². The average Bonchev–Trinajstić information content (AvgIpc) is 2.63. The molecule has 0 heterocycles. The van der Waals surface area contributed by atoms with Crippen molar-refractivity contribution in [2.75, 3.05) is 4.72 Å². The largest absolute Gasteiger partial charge is 0.279 e. The van der Waals surface area contributed by atoms with Crippen LogP contribution in [0.15, 0.2) is 65.6 Å². The summed E-state index contributed by atoms with van der Waals surface area (Å²) in [6, 6.07) is 14.6. The molecule has 3 rings (SSSR count). The fraction of sp³-hybridized carbons (Fsp3) is 0.143. The van der Waals surface area contributed by atoms with E-state index < -0.39 is 21.7 Å². The molecule has 0 atom stereocenters. The van der Waals surface area contributed by atoms with Crippen molar-refractivity contribution in [3.8, 4) is 11.1 Å². The maximum Gasteiger partial charge on any atom is 0.261 e. The third-order valence-corrected chi connectivity index (χ3v) is 5.86. The Balaban J connectivity index is 1.90. The summed E-state index contributed by atoms with van der Waals surface area (Å²) in [6.07, 6.45) is 0.805. The SMILES string of the molecule is CCc1cccc(NS(=O)(=O)c2ccc(-c3ccc(F)cc3F)cc2)c1C. The van der Waals surface area contributed by atoms with Crippen molar-refractivity contribution in [1.29, 1.82) is 0 Å². The van der Waals surface area contributed by atoms with Crippen molar-refractivity contribution in [2.45, 2.75) is 25.2 Å². The molecule has 0 spiro atoms. The molecule has 0 saturated carbocycles. The van der Waals surface area contributed by atoms with Gasteiger partial charge >= 0.3 is 0 Å². The highest BCUT2D eigenvalue weighted by atomic mass is 32.2. The molecule has 3 nitrogen and oxygen atoms in total. The number of hydrogen-bond acceptors (Lipinski definition) is 2. The van der Waals surface area contributed by atoms with Gasteiger partial charge in [-0.3, -0.25) is 4.72 Å². The fourth-order valence-electron chi connectivity index (χ4n) is 2.92. The van der Waals surface area contributed by atoms with Crippen LogP contribution in [0, 0.1) is 18.6 Å². The highest BCUT2D eigenvalue weighted by Gasteiger charge is 2.16. The van der Waals surface area contributed by atoms with E-state index in [2.05, 4.69) is 4.72 Å². The summed E-state index contributed by atoms with van der Waals surface area (Å²) >= 11 is 0. The van der Waals surface area contributed by atoms with Gasteiger partial charge in [-0.15, -0.1) is 0 Å². The van der Waals surface area contributed by atoms with Crippen LogP contribution < -0.4 is 4.72 Å². The minimum atomic E-state index is -3.78. The first kappa shape index (κ1) is 19.0. The van der Waals surface area contributed by atoms with E-state index in [0.29, 0.717) is 11.3 Å². The van der Waals surface area contributed by atoms with Crippen LogP contribution in [-0.4, -0.2) is 8.42 Å². The van der Waals surface area contributed by atoms with Gasteiger partial charge in [-0.2, -0.15) is 0 Å². The van der Waals surface area contributed by atoms with E-state index in [1.165, 1.54) is 30.3 Å². The molecule has 6 heteroatoms. The summed E-state index contributed by atoms with van der Waals surface area (Å²) in [5.74, 6) is -1.36. The number of halogens is 2. The Bertz CT molecular complexity index is 1080. The van der Waals surface area contributed by atoms with E-state index >= 15 is 0 Å². The maximum absolute atomic E-state index is 13.9. The Morgan fingerprint density at radius 2 is 1.67 bits per heavy atom. The average molecular weight is 387 g/mol. The number of nitrogens with one attached hydrogen (secondary N) is 1. The lowest BCUT2D eigenvalue weighted by Gasteiger charge is -2.13. The van der Waals surface area contributed by atoms with E-state index in [-0.39, 0.29) is 10.5 Å². The van der Waals surface area contributed by atoms with Gasteiger partial charge in [0.1, 0.15) is 11.6 Å². The number of aryl methyl sites for hydroxylation is 1. The second-order valence-electron chi connectivity index (χ2n) is 6.20. The molecule has 1 N–H and O–H groups in total. The molecule has 140 valence electrons. The molecule has 0 fully saturated rings. The van der Waals surface area contributed by atoms with Crippen molar-refractivity contribution in [1.82, 2.24) is 0 Å². The number of hydrogen-bond donors (Lipinski definition) is 1. The van der Waals surface area contributed by atoms with Crippen LogP contribution in [0.4, 0.5) is 14.5 Å². The zero-order valence-electron chi connectivity index (χ0n) is 15.0. The Morgan fingerprint density at radius 3 is 2.30 bits per heavy atom. The van der Waals surface area contributed by atoms with E-state index in [0.717, 1.165) is 29.7 Å². The van der Waals surface area contributed by atoms with Crippen molar-refractivity contribution in [2.24, 2.45) is 0 Å². The Kier molecular flexibility index (Phi) is 5.28. The first-order chi connectivity index (χ1) is 12.8. The Labute approximate surface area is 157 Å². The van der Waals surface area contributed by atoms with Gasteiger partial charge in [0.25, 0.3) is 10.0 Å². The summed E-state index contributed by atoms with van der Waals surface area (Å²) in [4.78, 5) is 0.0649. The third kappa shape index (κ3) is 4.01. The van der Waals surface area contributed by atoms with Gasteiger partial charge in [-0.25, -0.2) is 17.2 Å². The quantitative estimate of drug-likeness (QED) is 0.645. The zero-order chi connectivity index (χ0) is 19.6. The van der Waals surface area contributed by atoms with Crippen molar-refractivity contribution < 1.29 is 17.2 Å². The summed E-state index contributed by atoms with van der Waals surface area (Å²) in [5, 5.41) is 0. The molecule has 0 aromatic heterocycles. The number of sulfonamides is 1. The van der Waals surface area contributed by atoms with Gasteiger partial charge in [-0.05, 0) is 60.4 Å². The second-order valence-corrected chi connectivity index (χ2v) is 7.88. The summed E-state index contributed by atoms with van der Waals surface area (Å²) in [6.45, 7) is 3.88. The van der Waals surface area contributed by atoms with Crippen LogP contribution in [0.25, 0.3) is 11.1 Å². The van der Waals surface area contributed by atoms with E-state index in [1.807, 2.05) is 26.0 Å². The number of rotatable bonds is 5. The molecule has 0 amide bonds. The first-order valence-corrected chi connectivity index (χ1v) is 9.97. The maximum atomic E-state index is 13.9. The van der Waals surface area contributed by atoms with Crippen LogP contribution in [0.1, 0.15) is 18.1 Å². The minimum absolute atomic E-state index is 0.0649. The summed E-state index contributed by atoms with van der Waals surface area (Å²) < 4.78 is 54.9. The monoisotopic (exact) mass is 387 g/mol. The molecular weight excluding hydrogens is 368 g/mol. The Hall–Kier alpha value is -2.73. The van der Waals surface area contributed by atoms with Crippen molar-refractivity contribution in [3.05, 3.63) is 83.4 Å². The molecule has 0 radical (unpaired) electrons. The lowest BCUT2D eigenvalue weighted by molar-refractivity contribution is 0.585. The van der Waals surface area contributed by atoms with Crippen molar-refractivity contribution >= 4 is 15.7 Å². The topological polar surface area (TPSA) is 46.2 Å². The summed E-state index contributed by atoms with van der Waals surface area (Å²) in [5.41, 5.74) is 3.16. The molecule has 0 aliphatic rings. The highest BCUT2D eigenvalue weighted by molar-refractivity contribution is 7.92. The second kappa shape index (κ2) is 7.48. The molecule has 27 heavy (non-hydrogen) atoms. The predicted octanol–water partition coefficient (Wildman–Crippen LogP) is 5.30. The van der Waals surface area contributed by atoms with Gasteiger partial charge in [0.05, 0.1) is 10.6 Å². The lowest BCUT2D eigenvalue weighted by atomic mass is 10.1. The van der Waals surface area contributed by atoms with Crippen LogP contribution in [0.2, 0.25) is 0 Å². The zero-order valence-corrected chi connectivity index (χ0v) is 15.8. The molecular formula is C21H19F2NO2S. The number of benzene rings is 3. The molecule has 0 bridgehead atoms. The molecule has 3 aromatic rings. The lowest BCUT2D eigenvalue weighted by Crippen LogP contribution is -2.14. The van der Waals surface area contributed by atoms with Crippen LogP contribution >= 0.6 is 0 Å². The Morgan fingerprint density at radius 1 is 0.963 bits per heavy atom. The highest BCUT2D eigenvalue weighted by Crippen LogP contribution is 2.27. The van der Waals surface area contributed by atoms with Gasteiger partial charge in [0, 0.05) is 11.6 Å². The molecule has 3 aromatic carbocycles. The van der Waals surface area contributed by atoms with E-state index in [1.54, 1.807) is 6.07 Å². The molecule has 0 unspecified atom stereocenters. The van der Waals surface area contributed by atoms with Crippen LogP contribution in [-0.2, 0) is 16.4 Å². The summed E-state index contributed by atoms with van der Waals surface area (Å²) in [7, 11) is -3.78. The fourth-order valence-corrected chi connectivity index (χ4v) is 4.04. The van der Waals surface area contributed by atoms with Crippen molar-refractivity contribution in [3.63, 3.8) is 0 Å². The normalized spacial score (nSPS) is 11.4. The third-order valence-electron chi connectivity index (χ3n) is 4.48. The van der Waals surface area contributed by atoms with Crippen LogP contribution in [0.5, 0.6) is 0 Å². The van der Waals surface area contributed by atoms with E-state index in [4.69, 9.17) is 0 Å². The van der Waals surface area contributed by atoms with Gasteiger partial charge in [-0.1, -0.05) is 31.2 Å².